The van der Waals surface area contributed by atoms with Crippen LogP contribution in [0.1, 0.15) is 5.56 Å². The van der Waals surface area contributed by atoms with Gasteiger partial charge in [-0.2, -0.15) is 28.6 Å². The second-order valence-electron chi connectivity index (χ2n) is 4.43. The number of anilines is 1. The minimum Gasteiger partial charge on any atom is -0.382 e. The number of hydrogen-bond acceptors (Lipinski definition) is 5. The summed E-state index contributed by atoms with van der Waals surface area (Å²) in [5, 5.41) is 23.7. The van der Waals surface area contributed by atoms with Gasteiger partial charge in [-0.25, -0.2) is 4.68 Å². The van der Waals surface area contributed by atoms with Gasteiger partial charge in [0.2, 0.25) is 5.71 Å². The van der Waals surface area contributed by atoms with Gasteiger partial charge in [-0.1, -0.05) is 11.6 Å². The fraction of sp³-hybridized carbons (Fsp3) is 0.0769. The molecule has 0 amide bonds. The molecule has 1 aromatic carbocycles. The van der Waals surface area contributed by atoms with Crippen molar-refractivity contribution in [1.29, 1.82) is 10.7 Å². The van der Waals surface area contributed by atoms with Crippen LogP contribution < -0.4 is 11.2 Å². The lowest BCUT2D eigenvalue weighted by Crippen LogP contribution is -2.22. The topological polar surface area (TPSA) is 116 Å². The number of alkyl halides is 3. The summed E-state index contributed by atoms with van der Waals surface area (Å²) in [5.74, 6) is -0.624. The van der Waals surface area contributed by atoms with Gasteiger partial charge in [0.05, 0.1) is 28.2 Å². The van der Waals surface area contributed by atoms with Crippen LogP contribution >= 0.6 is 11.6 Å². The Kier molecular flexibility index (Phi) is 4.75. The molecule has 0 unspecified atom stereocenters. The molecule has 0 bridgehead atoms. The molecule has 0 atom stereocenters. The molecule has 0 spiro atoms. The molecule has 2 rings (SSSR count). The van der Waals surface area contributed by atoms with Crippen LogP contribution in [-0.2, 0) is 6.18 Å². The Labute approximate surface area is 138 Å². The molecule has 0 aliphatic rings. The van der Waals surface area contributed by atoms with E-state index in [2.05, 4.69) is 15.6 Å². The van der Waals surface area contributed by atoms with E-state index in [9.17, 15) is 13.2 Å². The van der Waals surface area contributed by atoms with E-state index in [1.807, 2.05) is 0 Å². The number of amidine groups is 1. The summed E-state index contributed by atoms with van der Waals surface area (Å²) in [6, 6.07) is 4.39. The first-order chi connectivity index (χ1) is 11.2. The van der Waals surface area contributed by atoms with Crippen LogP contribution in [0.15, 0.2) is 35.7 Å². The maximum atomic E-state index is 12.9. The minimum absolute atomic E-state index is 0.0985. The number of nitrogens with two attached hydrogens (primary N) is 1. The SMILES string of the molecule is N#C/C(=N\Nc1cc(C(F)(F)F)ccc1-n1cc(Cl)cn1)C(=N)N. The molecule has 2 aromatic rings. The van der Waals surface area contributed by atoms with E-state index in [-0.39, 0.29) is 16.4 Å². The normalized spacial score (nSPS) is 11.9. The number of nitrogens with zero attached hydrogens (tertiary/aromatic N) is 4. The van der Waals surface area contributed by atoms with Crippen LogP contribution in [0.3, 0.4) is 0 Å². The molecule has 24 heavy (non-hydrogen) atoms. The van der Waals surface area contributed by atoms with Crippen molar-refractivity contribution in [3.05, 3.63) is 41.2 Å². The summed E-state index contributed by atoms with van der Waals surface area (Å²) in [5.41, 5.74) is 6.15. The third kappa shape index (κ3) is 3.82. The predicted molar refractivity (Wildman–Crippen MR) is 82.2 cm³/mol. The van der Waals surface area contributed by atoms with Gasteiger partial charge in [-0.05, 0) is 18.2 Å². The number of benzene rings is 1. The van der Waals surface area contributed by atoms with Crippen molar-refractivity contribution >= 4 is 28.8 Å². The fourth-order valence-corrected chi connectivity index (χ4v) is 1.83. The molecule has 0 fully saturated rings. The Balaban J connectivity index is 2.52. The smallest absolute Gasteiger partial charge is 0.382 e. The zero-order valence-corrected chi connectivity index (χ0v) is 12.5. The van der Waals surface area contributed by atoms with Crippen molar-refractivity contribution < 1.29 is 13.2 Å². The van der Waals surface area contributed by atoms with E-state index in [1.165, 1.54) is 23.1 Å². The monoisotopic (exact) mass is 355 g/mol. The quantitative estimate of drug-likeness (QED) is 0.444. The highest BCUT2D eigenvalue weighted by Crippen LogP contribution is 2.33. The van der Waals surface area contributed by atoms with Gasteiger partial charge in [0, 0.05) is 6.20 Å². The molecule has 11 heteroatoms. The standard InChI is InChI=1S/C13H9ClF3N7/c14-8-5-21-24(6-8)11-2-1-7(13(15,16)17)3-9(11)22-23-10(4-18)12(19)20/h1-3,5-6,22H,(H3,19,20)/b23-10+. The van der Waals surface area contributed by atoms with E-state index in [4.69, 9.17) is 28.0 Å². The van der Waals surface area contributed by atoms with E-state index in [1.54, 1.807) is 6.07 Å². The third-order valence-electron chi connectivity index (χ3n) is 2.77. The molecular formula is C13H9ClF3N7. The molecule has 4 N–H and O–H groups in total. The van der Waals surface area contributed by atoms with E-state index >= 15 is 0 Å². The first-order valence-corrected chi connectivity index (χ1v) is 6.60. The number of hydrazone groups is 1. The summed E-state index contributed by atoms with van der Waals surface area (Å²) < 4.78 is 39.9. The van der Waals surface area contributed by atoms with Gasteiger partial charge in [0.1, 0.15) is 6.07 Å². The maximum Gasteiger partial charge on any atom is 0.416 e. The van der Waals surface area contributed by atoms with Gasteiger partial charge >= 0.3 is 6.18 Å². The molecule has 124 valence electrons. The van der Waals surface area contributed by atoms with Gasteiger partial charge in [-0.3, -0.25) is 10.8 Å². The van der Waals surface area contributed by atoms with Gasteiger partial charge in [0.15, 0.2) is 5.84 Å². The van der Waals surface area contributed by atoms with Crippen LogP contribution in [0.4, 0.5) is 18.9 Å². The minimum atomic E-state index is -4.57. The molecule has 0 radical (unpaired) electrons. The zero-order chi connectivity index (χ0) is 17.9. The number of hydrogen-bond donors (Lipinski definition) is 3. The second-order valence-corrected chi connectivity index (χ2v) is 4.87. The average Bonchev–Trinajstić information content (AvgIpc) is 2.93. The van der Waals surface area contributed by atoms with Crippen LogP contribution in [0.25, 0.3) is 5.69 Å². The molecule has 0 saturated heterocycles. The van der Waals surface area contributed by atoms with E-state index in [0.29, 0.717) is 0 Å². The van der Waals surface area contributed by atoms with Crippen molar-refractivity contribution in [2.24, 2.45) is 10.8 Å². The van der Waals surface area contributed by atoms with Crippen molar-refractivity contribution in [1.82, 2.24) is 9.78 Å². The lowest BCUT2D eigenvalue weighted by Gasteiger charge is -2.13. The maximum absolute atomic E-state index is 12.9. The lowest BCUT2D eigenvalue weighted by atomic mass is 10.1. The second kappa shape index (κ2) is 6.59. The Morgan fingerprint density at radius 2 is 2.17 bits per heavy atom. The molecule has 0 aliphatic heterocycles. The predicted octanol–water partition coefficient (Wildman–Crippen LogP) is 2.77. The van der Waals surface area contributed by atoms with Crippen molar-refractivity contribution in [3.8, 4) is 11.8 Å². The molecule has 1 heterocycles. The number of nitrogens with one attached hydrogen (secondary N) is 2. The van der Waals surface area contributed by atoms with Gasteiger partial charge in [-0.15, -0.1) is 0 Å². The summed E-state index contributed by atoms with van der Waals surface area (Å²) in [6.45, 7) is 0. The molecule has 7 nitrogen and oxygen atoms in total. The van der Waals surface area contributed by atoms with Gasteiger partial charge in [0.25, 0.3) is 0 Å². The number of rotatable bonds is 4. The highest BCUT2D eigenvalue weighted by molar-refractivity contribution is 6.45. The zero-order valence-electron chi connectivity index (χ0n) is 11.8. The summed E-state index contributed by atoms with van der Waals surface area (Å²) in [6.07, 6.45) is -1.88. The largest absolute Gasteiger partial charge is 0.416 e. The van der Waals surface area contributed by atoms with Crippen LogP contribution in [0.5, 0.6) is 0 Å². The first kappa shape index (κ1) is 17.3. The summed E-state index contributed by atoms with van der Waals surface area (Å²) >= 11 is 5.76. The van der Waals surface area contributed by atoms with E-state index in [0.717, 1.165) is 12.1 Å². The molecule has 0 aliphatic carbocycles. The number of nitriles is 1. The Morgan fingerprint density at radius 3 is 2.67 bits per heavy atom. The summed E-state index contributed by atoms with van der Waals surface area (Å²) in [7, 11) is 0. The first-order valence-electron chi connectivity index (χ1n) is 6.22. The number of aromatic nitrogens is 2. The van der Waals surface area contributed by atoms with Crippen molar-refractivity contribution in [3.63, 3.8) is 0 Å². The van der Waals surface area contributed by atoms with E-state index < -0.39 is 23.3 Å². The lowest BCUT2D eigenvalue weighted by molar-refractivity contribution is -0.137. The van der Waals surface area contributed by atoms with Crippen LogP contribution in [-0.4, -0.2) is 21.3 Å². The Morgan fingerprint density at radius 1 is 1.46 bits per heavy atom. The fourth-order valence-electron chi connectivity index (χ4n) is 1.70. The summed E-state index contributed by atoms with van der Waals surface area (Å²) in [4.78, 5) is 0. The molecule has 1 aromatic heterocycles. The Bertz CT molecular complexity index is 848. The highest BCUT2D eigenvalue weighted by Gasteiger charge is 2.31. The molecule has 0 saturated carbocycles. The van der Waals surface area contributed by atoms with Gasteiger partial charge < -0.3 is 5.73 Å². The Hall–Kier alpha value is -3.06. The molecular weight excluding hydrogens is 347 g/mol. The average molecular weight is 356 g/mol. The van der Waals surface area contributed by atoms with Crippen molar-refractivity contribution in [2.45, 2.75) is 6.18 Å². The van der Waals surface area contributed by atoms with Crippen LogP contribution in [0, 0.1) is 16.7 Å². The third-order valence-corrected chi connectivity index (χ3v) is 2.97. The highest BCUT2D eigenvalue weighted by atomic mass is 35.5. The van der Waals surface area contributed by atoms with Crippen molar-refractivity contribution in [2.75, 3.05) is 5.43 Å². The number of halogens is 4. The van der Waals surface area contributed by atoms with Crippen LogP contribution in [0.2, 0.25) is 5.02 Å².